The van der Waals surface area contributed by atoms with Crippen LogP contribution in [0.3, 0.4) is 0 Å². The number of alkyl halides is 6. The fourth-order valence-corrected chi connectivity index (χ4v) is 3.13. The summed E-state index contributed by atoms with van der Waals surface area (Å²) in [7, 11) is -14.7. The van der Waals surface area contributed by atoms with Crippen molar-refractivity contribution in [2.45, 2.75) is 21.3 Å². The highest BCUT2D eigenvalue weighted by Gasteiger charge is 2.82. The lowest BCUT2D eigenvalue weighted by Gasteiger charge is -2.29. The van der Waals surface area contributed by atoms with E-state index in [0.29, 0.717) is 0 Å². The summed E-state index contributed by atoms with van der Waals surface area (Å²) in [4.78, 5) is -2.33. The summed E-state index contributed by atoms with van der Waals surface area (Å²) in [6.07, 6.45) is 0. The van der Waals surface area contributed by atoms with Gasteiger partial charge in [-0.05, 0) is 12.1 Å². The number of hydrogen-bond acceptors (Lipinski definition) is 4. The second kappa shape index (κ2) is 5.50. The van der Waals surface area contributed by atoms with Crippen molar-refractivity contribution in [2.75, 3.05) is 0 Å². The minimum absolute atomic E-state index is 0.0220. The highest BCUT2D eigenvalue weighted by molar-refractivity contribution is 7.92. The molecule has 0 heterocycles. The molecule has 0 aliphatic heterocycles. The fourth-order valence-electron chi connectivity index (χ4n) is 1.32. The molecule has 0 unspecified atom stereocenters. The average Bonchev–Trinajstić information content (AvgIpc) is 2.35. The smallest absolute Gasteiger partial charge is 0.217 e. The molecule has 0 saturated carbocycles. The molecule has 138 valence electrons. The molecule has 0 spiro atoms. The van der Waals surface area contributed by atoms with E-state index in [1.807, 2.05) is 0 Å². The Balaban J connectivity index is 3.68. The van der Waals surface area contributed by atoms with Crippen molar-refractivity contribution in [3.05, 3.63) is 29.8 Å². The summed E-state index contributed by atoms with van der Waals surface area (Å²) >= 11 is 0. The van der Waals surface area contributed by atoms with E-state index >= 15 is 0 Å². The first kappa shape index (κ1) is 20.5. The Morgan fingerprint density at radius 3 is 1.62 bits per heavy atom. The molecule has 0 N–H and O–H groups in total. The van der Waals surface area contributed by atoms with E-state index in [9.17, 15) is 55.8 Å². The van der Waals surface area contributed by atoms with Crippen LogP contribution in [-0.4, -0.2) is 33.3 Å². The van der Waals surface area contributed by atoms with Crippen LogP contribution >= 0.6 is 0 Å². The minimum Gasteiger partial charge on any atom is -0.217 e. The molecule has 0 aliphatic carbocycles. The predicted molar refractivity (Wildman–Crippen MR) is 58.4 cm³/mol. The number of sulfone groups is 1. The third kappa shape index (κ3) is 2.72. The third-order valence-electron chi connectivity index (χ3n) is 2.56. The van der Waals surface area contributed by atoms with E-state index in [-0.39, 0.29) is 18.2 Å². The molecule has 24 heavy (non-hydrogen) atoms. The van der Waals surface area contributed by atoms with E-state index in [4.69, 9.17) is 0 Å². The van der Waals surface area contributed by atoms with Gasteiger partial charge >= 0.3 is 26.7 Å². The van der Waals surface area contributed by atoms with Crippen molar-refractivity contribution in [1.29, 1.82) is 0 Å². The summed E-state index contributed by atoms with van der Waals surface area (Å²) in [6.45, 7) is 0. The first-order valence-electron chi connectivity index (χ1n) is 5.18. The third-order valence-corrected chi connectivity index (χ3v) is 5.27. The second-order valence-electron chi connectivity index (χ2n) is 4.12. The number of rotatable bonds is 5. The van der Waals surface area contributed by atoms with Gasteiger partial charge in [0.2, 0.25) is 0 Å². The molecule has 0 aliphatic rings. The normalized spacial score (nSPS) is 14.7. The Labute approximate surface area is 128 Å². The molecular formula is C9H3F9O4S2. The summed E-state index contributed by atoms with van der Waals surface area (Å²) < 4.78 is 160. The van der Waals surface area contributed by atoms with E-state index in [1.54, 1.807) is 0 Å². The molecular weight excluding hydrogens is 407 g/mol. The number of hydrogen-bond donors (Lipinski definition) is 0. The van der Waals surface area contributed by atoms with Gasteiger partial charge in [0, 0.05) is 6.07 Å². The van der Waals surface area contributed by atoms with Gasteiger partial charge in [0.05, 0.1) is 0 Å². The van der Waals surface area contributed by atoms with Gasteiger partial charge in [-0.1, -0.05) is 3.89 Å². The van der Waals surface area contributed by atoms with Crippen molar-refractivity contribution in [3.8, 4) is 0 Å². The molecule has 0 atom stereocenters. The highest BCUT2D eigenvalue weighted by atomic mass is 32.3. The number of halogens is 9. The summed E-state index contributed by atoms with van der Waals surface area (Å²) in [5, 5.41) is -14.1. The van der Waals surface area contributed by atoms with Crippen molar-refractivity contribution >= 4 is 20.1 Å². The maximum Gasteiger partial charge on any atom is 0.443 e. The zero-order chi connectivity index (χ0) is 19.4. The van der Waals surface area contributed by atoms with Crippen molar-refractivity contribution in [1.82, 2.24) is 0 Å². The monoisotopic (exact) mass is 410 g/mol. The van der Waals surface area contributed by atoms with Crippen molar-refractivity contribution < 1.29 is 55.8 Å². The molecule has 0 radical (unpaired) electrons. The maximum atomic E-state index is 13.5. The topological polar surface area (TPSA) is 68.3 Å². The summed E-state index contributed by atoms with van der Waals surface area (Å²) in [6, 6.07) is -0.606. The highest BCUT2D eigenvalue weighted by Crippen LogP contribution is 2.52. The molecule has 15 heteroatoms. The number of benzene rings is 1. The van der Waals surface area contributed by atoms with E-state index in [1.165, 1.54) is 0 Å². The van der Waals surface area contributed by atoms with Gasteiger partial charge in [0.1, 0.15) is 16.5 Å². The molecule has 4 nitrogen and oxygen atoms in total. The Bertz CT molecular complexity index is 861. The Hall–Kier alpha value is -1.51. The van der Waals surface area contributed by atoms with Gasteiger partial charge in [-0.15, -0.1) is 0 Å². The molecule has 0 amide bonds. The van der Waals surface area contributed by atoms with Crippen LogP contribution in [0.2, 0.25) is 0 Å². The molecule has 0 aromatic heterocycles. The molecule has 1 aromatic rings. The van der Waals surface area contributed by atoms with Crippen LogP contribution in [0.15, 0.2) is 23.1 Å². The molecule has 0 saturated heterocycles. The molecule has 1 rings (SSSR count). The van der Waals surface area contributed by atoms with Crippen LogP contribution in [0.4, 0.5) is 39.0 Å². The zero-order valence-corrected chi connectivity index (χ0v) is 12.2. The van der Waals surface area contributed by atoms with Gasteiger partial charge in [0.15, 0.2) is 0 Å². The van der Waals surface area contributed by atoms with E-state index < -0.39 is 53.0 Å². The average molecular weight is 410 g/mol. The lowest BCUT2D eigenvalue weighted by Crippen LogP contribution is -2.59. The van der Waals surface area contributed by atoms with E-state index in [2.05, 4.69) is 0 Å². The van der Waals surface area contributed by atoms with Crippen LogP contribution in [-0.2, 0) is 20.1 Å². The molecule has 0 bridgehead atoms. The van der Waals surface area contributed by atoms with Crippen LogP contribution in [0.5, 0.6) is 0 Å². The standard InChI is InChI=1S/C9H3F9O4S2/c10-4-1-2-6(5(11)3-4)23(19,20)8(14,15)7(12,13)9(16,17)24(18,21)22/h1-3H. The van der Waals surface area contributed by atoms with Crippen LogP contribution in [0.1, 0.15) is 0 Å². The van der Waals surface area contributed by atoms with Gasteiger partial charge in [-0.25, -0.2) is 17.2 Å². The first-order valence-corrected chi connectivity index (χ1v) is 8.05. The quantitative estimate of drug-likeness (QED) is 0.425. The Morgan fingerprint density at radius 1 is 0.792 bits per heavy atom. The lowest BCUT2D eigenvalue weighted by molar-refractivity contribution is -0.244. The molecule has 0 fully saturated rings. The summed E-state index contributed by atoms with van der Waals surface area (Å²) in [5.41, 5.74) is 0. The fraction of sp³-hybridized carbons (Fsp3) is 0.333. The largest absolute Gasteiger partial charge is 0.443 e. The minimum atomic E-state index is -7.68. The molecule has 1 aromatic carbocycles. The summed E-state index contributed by atoms with van der Waals surface area (Å²) in [5.74, 6) is -11.2. The van der Waals surface area contributed by atoms with Crippen LogP contribution in [0.25, 0.3) is 0 Å². The maximum absolute atomic E-state index is 13.5. The first-order chi connectivity index (χ1) is 10.4. The van der Waals surface area contributed by atoms with Gasteiger partial charge < -0.3 is 0 Å². The lowest BCUT2D eigenvalue weighted by atomic mass is 10.3. The van der Waals surface area contributed by atoms with Crippen LogP contribution in [0, 0.1) is 11.6 Å². The van der Waals surface area contributed by atoms with Gasteiger partial charge in [-0.3, -0.25) is 0 Å². The Morgan fingerprint density at radius 2 is 1.25 bits per heavy atom. The zero-order valence-electron chi connectivity index (χ0n) is 10.6. The predicted octanol–water partition coefficient (Wildman–Crippen LogP) is 2.86. The van der Waals surface area contributed by atoms with Crippen LogP contribution < -0.4 is 0 Å². The van der Waals surface area contributed by atoms with Gasteiger partial charge in [0.25, 0.3) is 9.84 Å². The van der Waals surface area contributed by atoms with E-state index in [0.717, 1.165) is 0 Å². The van der Waals surface area contributed by atoms with Crippen molar-refractivity contribution in [3.63, 3.8) is 0 Å². The SMILES string of the molecule is O=S(=O)(F)C(F)(F)C(F)(F)C(F)(F)S(=O)(=O)c1ccc(F)cc1F. The second-order valence-corrected chi connectivity index (χ2v) is 7.47. The van der Waals surface area contributed by atoms with Crippen molar-refractivity contribution in [2.24, 2.45) is 0 Å². The Kier molecular flexibility index (Phi) is 4.71. The van der Waals surface area contributed by atoms with Gasteiger partial charge in [-0.2, -0.15) is 34.8 Å².